The minimum Gasteiger partial charge on any atom is -0.478 e. The lowest BCUT2D eigenvalue weighted by molar-refractivity contribution is 0.0697. The molecule has 0 spiro atoms. The fraction of sp³-hybridized carbons (Fsp3) is 0.538. The van der Waals surface area contributed by atoms with Crippen LogP contribution in [0.4, 0.5) is 5.82 Å². The second-order valence-electron chi connectivity index (χ2n) is 5.57. The maximum atomic E-state index is 11.0. The second kappa shape index (κ2) is 4.76. The van der Waals surface area contributed by atoms with Gasteiger partial charge in [-0.3, -0.25) is 0 Å². The number of hydrogen-bond donors (Lipinski definition) is 2. The molecule has 0 saturated heterocycles. The van der Waals surface area contributed by atoms with Crippen LogP contribution in [0, 0.1) is 5.41 Å². The Morgan fingerprint density at radius 2 is 2.33 bits per heavy atom. The van der Waals surface area contributed by atoms with Gasteiger partial charge in [-0.2, -0.15) is 0 Å². The monoisotopic (exact) mass is 268 g/mol. The highest BCUT2D eigenvalue weighted by Crippen LogP contribution is 2.38. The Bertz CT molecular complexity index is 474. The molecule has 1 aliphatic carbocycles. The number of hydrogen-bond acceptors (Lipinski definition) is 3. The van der Waals surface area contributed by atoms with Crippen LogP contribution in [0.2, 0.25) is 5.02 Å². The van der Waals surface area contributed by atoms with Crippen molar-refractivity contribution in [2.45, 2.75) is 39.2 Å². The molecule has 1 unspecified atom stereocenters. The number of carboxylic acid groups (broad SMARTS) is 1. The highest BCUT2D eigenvalue weighted by Gasteiger charge is 2.31. The number of aromatic carboxylic acids is 1. The van der Waals surface area contributed by atoms with Crippen molar-refractivity contribution in [3.05, 3.63) is 22.8 Å². The Morgan fingerprint density at radius 1 is 1.61 bits per heavy atom. The van der Waals surface area contributed by atoms with Crippen molar-refractivity contribution in [1.82, 2.24) is 4.98 Å². The molecular weight excluding hydrogens is 252 g/mol. The van der Waals surface area contributed by atoms with E-state index in [2.05, 4.69) is 24.1 Å². The zero-order chi connectivity index (χ0) is 13.3. The van der Waals surface area contributed by atoms with Crippen LogP contribution in [-0.2, 0) is 0 Å². The molecule has 0 amide bonds. The molecule has 4 nitrogen and oxygen atoms in total. The predicted molar refractivity (Wildman–Crippen MR) is 71.2 cm³/mol. The Morgan fingerprint density at radius 3 is 2.89 bits per heavy atom. The number of carboxylic acids is 1. The van der Waals surface area contributed by atoms with Crippen LogP contribution >= 0.6 is 11.6 Å². The standard InChI is InChI=1S/C13H17ClN2O2/c1-13(2)5-3-8(7-13)16-11-10(14)9(12(17)18)4-6-15-11/h4,6,8H,3,5,7H2,1-2H3,(H,15,16)(H,17,18). The molecule has 18 heavy (non-hydrogen) atoms. The van der Waals surface area contributed by atoms with E-state index in [1.165, 1.54) is 12.3 Å². The van der Waals surface area contributed by atoms with Crippen molar-refractivity contribution in [3.8, 4) is 0 Å². The number of nitrogens with zero attached hydrogens (tertiary/aromatic N) is 1. The molecule has 1 aliphatic rings. The largest absolute Gasteiger partial charge is 0.478 e. The summed E-state index contributed by atoms with van der Waals surface area (Å²) in [4.78, 5) is 15.1. The average molecular weight is 269 g/mol. The fourth-order valence-electron chi connectivity index (χ4n) is 2.46. The summed E-state index contributed by atoms with van der Waals surface area (Å²) >= 11 is 6.05. The summed E-state index contributed by atoms with van der Waals surface area (Å²) in [5, 5.41) is 12.4. The smallest absolute Gasteiger partial charge is 0.337 e. The zero-order valence-corrected chi connectivity index (χ0v) is 11.3. The van der Waals surface area contributed by atoms with Crippen molar-refractivity contribution in [2.75, 3.05) is 5.32 Å². The first kappa shape index (κ1) is 13.1. The van der Waals surface area contributed by atoms with Gasteiger partial charge in [-0.15, -0.1) is 0 Å². The number of anilines is 1. The van der Waals surface area contributed by atoms with Gasteiger partial charge < -0.3 is 10.4 Å². The van der Waals surface area contributed by atoms with E-state index in [1.54, 1.807) is 0 Å². The van der Waals surface area contributed by atoms with Crippen molar-refractivity contribution in [2.24, 2.45) is 5.41 Å². The predicted octanol–water partition coefficient (Wildman–Crippen LogP) is 3.42. The van der Waals surface area contributed by atoms with E-state index in [-0.39, 0.29) is 10.6 Å². The van der Waals surface area contributed by atoms with Crippen LogP contribution in [0.3, 0.4) is 0 Å². The Hall–Kier alpha value is -1.29. The summed E-state index contributed by atoms with van der Waals surface area (Å²) in [5.41, 5.74) is 0.417. The quantitative estimate of drug-likeness (QED) is 0.882. The van der Waals surface area contributed by atoms with E-state index in [1.807, 2.05) is 0 Å². The van der Waals surface area contributed by atoms with Gasteiger partial charge in [0.15, 0.2) is 0 Å². The van der Waals surface area contributed by atoms with Crippen molar-refractivity contribution < 1.29 is 9.90 Å². The third kappa shape index (κ3) is 2.75. The maximum absolute atomic E-state index is 11.0. The van der Waals surface area contributed by atoms with E-state index in [0.29, 0.717) is 17.3 Å². The number of nitrogens with one attached hydrogen (secondary N) is 1. The normalized spacial score (nSPS) is 21.8. The van der Waals surface area contributed by atoms with E-state index in [9.17, 15) is 4.79 Å². The highest BCUT2D eigenvalue weighted by atomic mass is 35.5. The van der Waals surface area contributed by atoms with Crippen LogP contribution < -0.4 is 5.32 Å². The minimum atomic E-state index is -1.03. The Balaban J connectivity index is 2.15. The summed E-state index contributed by atoms with van der Waals surface area (Å²) in [6, 6.07) is 1.73. The van der Waals surface area contributed by atoms with Gasteiger partial charge in [0.2, 0.25) is 0 Å². The number of rotatable bonds is 3. The maximum Gasteiger partial charge on any atom is 0.337 e. The van der Waals surface area contributed by atoms with E-state index in [0.717, 1.165) is 19.3 Å². The van der Waals surface area contributed by atoms with Crippen molar-refractivity contribution in [3.63, 3.8) is 0 Å². The van der Waals surface area contributed by atoms with E-state index in [4.69, 9.17) is 16.7 Å². The van der Waals surface area contributed by atoms with Gasteiger partial charge >= 0.3 is 5.97 Å². The second-order valence-corrected chi connectivity index (χ2v) is 5.95. The first-order valence-electron chi connectivity index (χ1n) is 6.03. The van der Waals surface area contributed by atoms with Crippen LogP contribution in [0.15, 0.2) is 12.3 Å². The molecule has 0 radical (unpaired) electrons. The fourth-order valence-corrected chi connectivity index (χ4v) is 2.71. The molecule has 2 rings (SSSR count). The van der Waals surface area contributed by atoms with Crippen LogP contribution in [0.25, 0.3) is 0 Å². The van der Waals surface area contributed by atoms with Gasteiger partial charge in [0, 0.05) is 12.2 Å². The van der Waals surface area contributed by atoms with Crippen LogP contribution in [-0.4, -0.2) is 22.1 Å². The topological polar surface area (TPSA) is 62.2 Å². The minimum absolute atomic E-state index is 0.0893. The number of carbonyl (C=O) groups is 1. The van der Waals surface area contributed by atoms with Gasteiger partial charge in [-0.1, -0.05) is 25.4 Å². The third-order valence-electron chi connectivity index (χ3n) is 3.43. The Labute approximate surface area is 111 Å². The molecule has 98 valence electrons. The molecule has 1 atom stereocenters. The number of pyridine rings is 1. The lowest BCUT2D eigenvalue weighted by atomic mass is 9.92. The molecular formula is C13H17ClN2O2. The molecule has 0 aliphatic heterocycles. The number of halogens is 1. The van der Waals surface area contributed by atoms with Gasteiger partial charge in [0.25, 0.3) is 0 Å². The van der Waals surface area contributed by atoms with Crippen molar-refractivity contribution in [1.29, 1.82) is 0 Å². The summed E-state index contributed by atoms with van der Waals surface area (Å²) in [5.74, 6) is -0.559. The average Bonchev–Trinajstić information content (AvgIpc) is 2.61. The molecule has 5 heteroatoms. The molecule has 1 aromatic heterocycles. The number of aromatic nitrogens is 1. The molecule has 2 N–H and O–H groups in total. The molecule has 0 aromatic carbocycles. The molecule has 1 aromatic rings. The van der Waals surface area contributed by atoms with Gasteiger partial charge in [-0.25, -0.2) is 9.78 Å². The molecule has 1 heterocycles. The lowest BCUT2D eigenvalue weighted by Crippen LogP contribution is -2.19. The highest BCUT2D eigenvalue weighted by molar-refractivity contribution is 6.35. The summed E-state index contributed by atoms with van der Waals surface area (Å²) in [6.07, 6.45) is 4.73. The summed E-state index contributed by atoms with van der Waals surface area (Å²) in [7, 11) is 0. The first-order valence-corrected chi connectivity index (χ1v) is 6.41. The molecule has 1 fully saturated rings. The lowest BCUT2D eigenvalue weighted by Gasteiger charge is -2.18. The SMILES string of the molecule is CC1(C)CCC(Nc2nccc(C(=O)O)c2Cl)C1. The van der Waals surface area contributed by atoms with Gasteiger partial charge in [-0.05, 0) is 30.7 Å². The molecule has 0 bridgehead atoms. The zero-order valence-electron chi connectivity index (χ0n) is 10.5. The van der Waals surface area contributed by atoms with Gasteiger partial charge in [0.1, 0.15) is 5.82 Å². The third-order valence-corrected chi connectivity index (χ3v) is 3.81. The van der Waals surface area contributed by atoms with Crippen LogP contribution in [0.5, 0.6) is 0 Å². The van der Waals surface area contributed by atoms with E-state index >= 15 is 0 Å². The van der Waals surface area contributed by atoms with Gasteiger partial charge in [0.05, 0.1) is 10.6 Å². The van der Waals surface area contributed by atoms with Crippen molar-refractivity contribution >= 4 is 23.4 Å². The Kier molecular flexibility index (Phi) is 3.48. The summed E-state index contributed by atoms with van der Waals surface area (Å²) < 4.78 is 0. The molecule has 1 saturated carbocycles. The van der Waals surface area contributed by atoms with E-state index < -0.39 is 5.97 Å². The van der Waals surface area contributed by atoms with Crippen LogP contribution in [0.1, 0.15) is 43.5 Å². The summed E-state index contributed by atoms with van der Waals surface area (Å²) in [6.45, 7) is 4.47. The first-order chi connectivity index (χ1) is 8.39.